The van der Waals surface area contributed by atoms with E-state index in [-0.39, 0.29) is 18.2 Å². The summed E-state index contributed by atoms with van der Waals surface area (Å²) in [4.78, 5) is 29.7. The van der Waals surface area contributed by atoms with Crippen molar-refractivity contribution < 1.29 is 14.3 Å². The number of likely N-dealkylation sites (tertiary alicyclic amines) is 1. The smallest absolute Gasteiger partial charge is 0.417 e. The lowest BCUT2D eigenvalue weighted by Crippen LogP contribution is -2.45. The number of halogens is 1. The molecule has 2 rings (SSSR count). The Bertz CT molecular complexity index is 554. The highest BCUT2D eigenvalue weighted by Crippen LogP contribution is 2.29. The standard InChI is InChI=1S/C15H19BrN2O3/c1-15(2,3)21-14(20)18-8-7-10(9-13(18)19)11-5-4-6-12(16)17-11/h4-6,10H,7-9H2,1-3H3/t10-/m1/s1. The topological polar surface area (TPSA) is 59.5 Å². The summed E-state index contributed by atoms with van der Waals surface area (Å²) in [6.45, 7) is 5.72. The number of rotatable bonds is 1. The Hall–Kier alpha value is -1.43. The Kier molecular flexibility index (Phi) is 4.66. The van der Waals surface area contributed by atoms with Crippen LogP contribution >= 0.6 is 15.9 Å². The molecular formula is C15H19BrN2O3. The van der Waals surface area contributed by atoms with Crippen LogP contribution in [0.2, 0.25) is 0 Å². The van der Waals surface area contributed by atoms with Gasteiger partial charge in [0.05, 0.1) is 0 Å². The molecule has 2 amide bonds. The van der Waals surface area contributed by atoms with Crippen molar-refractivity contribution in [2.75, 3.05) is 6.54 Å². The Morgan fingerprint density at radius 2 is 2.14 bits per heavy atom. The average molecular weight is 355 g/mol. The van der Waals surface area contributed by atoms with E-state index >= 15 is 0 Å². The molecule has 114 valence electrons. The number of hydrogen-bond acceptors (Lipinski definition) is 4. The zero-order valence-corrected chi connectivity index (χ0v) is 14.0. The maximum Gasteiger partial charge on any atom is 0.417 e. The SMILES string of the molecule is CC(C)(C)OC(=O)N1CC[C@@H](c2cccc(Br)n2)CC1=O. The highest BCUT2D eigenvalue weighted by atomic mass is 79.9. The maximum atomic E-state index is 12.2. The number of carbonyl (C=O) groups excluding carboxylic acids is 2. The van der Waals surface area contributed by atoms with Crippen LogP contribution in [0.3, 0.4) is 0 Å². The third kappa shape index (κ3) is 4.27. The van der Waals surface area contributed by atoms with Crippen LogP contribution < -0.4 is 0 Å². The van der Waals surface area contributed by atoms with Crippen LogP contribution in [0, 0.1) is 0 Å². The number of hydrogen-bond donors (Lipinski definition) is 0. The maximum absolute atomic E-state index is 12.2. The molecule has 2 heterocycles. The molecule has 5 nitrogen and oxygen atoms in total. The molecule has 1 fully saturated rings. The Labute approximate surface area is 132 Å². The molecule has 0 unspecified atom stereocenters. The highest BCUT2D eigenvalue weighted by molar-refractivity contribution is 9.10. The van der Waals surface area contributed by atoms with Gasteiger partial charge in [0.15, 0.2) is 0 Å². The van der Waals surface area contributed by atoms with Gasteiger partial charge >= 0.3 is 6.09 Å². The normalized spacial score (nSPS) is 19.5. The van der Waals surface area contributed by atoms with E-state index in [1.807, 2.05) is 18.2 Å². The van der Waals surface area contributed by atoms with Crippen LogP contribution in [-0.4, -0.2) is 34.0 Å². The van der Waals surface area contributed by atoms with Gasteiger partial charge in [0.25, 0.3) is 0 Å². The van der Waals surface area contributed by atoms with Crippen molar-refractivity contribution in [1.82, 2.24) is 9.88 Å². The lowest BCUT2D eigenvalue weighted by atomic mass is 9.93. The molecule has 1 aliphatic heterocycles. The molecule has 0 bridgehead atoms. The largest absolute Gasteiger partial charge is 0.443 e. The molecule has 1 aromatic rings. The van der Waals surface area contributed by atoms with Gasteiger partial charge in [-0.1, -0.05) is 6.07 Å². The molecule has 0 spiro atoms. The van der Waals surface area contributed by atoms with Crippen LogP contribution in [0.5, 0.6) is 0 Å². The van der Waals surface area contributed by atoms with E-state index in [1.54, 1.807) is 20.8 Å². The second kappa shape index (κ2) is 6.13. The molecule has 0 aromatic carbocycles. The zero-order chi connectivity index (χ0) is 15.6. The molecule has 1 saturated heterocycles. The van der Waals surface area contributed by atoms with Crippen molar-refractivity contribution in [2.24, 2.45) is 0 Å². The highest BCUT2D eigenvalue weighted by Gasteiger charge is 2.33. The quantitative estimate of drug-likeness (QED) is 0.724. The van der Waals surface area contributed by atoms with Crippen LogP contribution in [0.15, 0.2) is 22.8 Å². The molecule has 0 aliphatic carbocycles. The summed E-state index contributed by atoms with van der Waals surface area (Å²) in [7, 11) is 0. The van der Waals surface area contributed by atoms with Gasteiger partial charge in [-0.2, -0.15) is 0 Å². The first kappa shape index (κ1) is 15.9. The summed E-state index contributed by atoms with van der Waals surface area (Å²) in [5, 5.41) is 0. The van der Waals surface area contributed by atoms with Crippen molar-refractivity contribution in [3.63, 3.8) is 0 Å². The summed E-state index contributed by atoms with van der Waals surface area (Å²) >= 11 is 3.33. The van der Waals surface area contributed by atoms with Crippen molar-refractivity contribution in [3.8, 4) is 0 Å². The monoisotopic (exact) mass is 354 g/mol. The second-order valence-electron chi connectivity index (χ2n) is 6.10. The Morgan fingerprint density at radius 1 is 1.43 bits per heavy atom. The Morgan fingerprint density at radius 3 is 2.71 bits per heavy atom. The molecule has 0 N–H and O–H groups in total. The van der Waals surface area contributed by atoms with Gasteiger partial charge < -0.3 is 4.74 Å². The average Bonchev–Trinajstić information content (AvgIpc) is 2.36. The van der Waals surface area contributed by atoms with Crippen molar-refractivity contribution >= 4 is 27.9 Å². The minimum Gasteiger partial charge on any atom is -0.443 e. The number of carbonyl (C=O) groups is 2. The summed E-state index contributed by atoms with van der Waals surface area (Å²) in [6, 6.07) is 5.66. The van der Waals surface area contributed by atoms with E-state index in [2.05, 4.69) is 20.9 Å². The van der Waals surface area contributed by atoms with Crippen LogP contribution in [-0.2, 0) is 9.53 Å². The van der Waals surface area contributed by atoms with Crippen LogP contribution in [0.25, 0.3) is 0 Å². The predicted molar refractivity (Wildman–Crippen MR) is 81.9 cm³/mol. The predicted octanol–water partition coefficient (Wildman–Crippen LogP) is 3.49. The molecule has 6 heteroatoms. The van der Waals surface area contributed by atoms with Gasteiger partial charge in [-0.15, -0.1) is 0 Å². The second-order valence-corrected chi connectivity index (χ2v) is 6.91. The molecule has 0 radical (unpaired) electrons. The molecule has 21 heavy (non-hydrogen) atoms. The number of imide groups is 1. The first-order valence-electron chi connectivity index (χ1n) is 6.92. The number of piperidine rings is 1. The number of ether oxygens (including phenoxy) is 1. The van der Waals surface area contributed by atoms with E-state index in [0.717, 1.165) is 10.3 Å². The summed E-state index contributed by atoms with van der Waals surface area (Å²) < 4.78 is 6.00. The summed E-state index contributed by atoms with van der Waals surface area (Å²) in [5.41, 5.74) is 0.279. The third-order valence-electron chi connectivity index (χ3n) is 3.19. The Balaban J connectivity index is 2.02. The fraction of sp³-hybridized carbons (Fsp3) is 0.533. The van der Waals surface area contributed by atoms with Crippen LogP contribution in [0.4, 0.5) is 4.79 Å². The van der Waals surface area contributed by atoms with Gasteiger partial charge in [0, 0.05) is 24.6 Å². The summed E-state index contributed by atoms with van der Waals surface area (Å²) in [5.74, 6) is -0.157. The van der Waals surface area contributed by atoms with Gasteiger partial charge in [0.1, 0.15) is 10.2 Å². The lowest BCUT2D eigenvalue weighted by Gasteiger charge is -2.31. The van der Waals surface area contributed by atoms with Gasteiger partial charge in [-0.3, -0.25) is 4.79 Å². The number of nitrogens with zero attached hydrogens (tertiary/aromatic N) is 2. The molecule has 1 aliphatic rings. The third-order valence-corrected chi connectivity index (χ3v) is 3.63. The molecular weight excluding hydrogens is 336 g/mol. The van der Waals surface area contributed by atoms with E-state index in [1.165, 1.54) is 4.90 Å². The minimum atomic E-state index is -0.597. The fourth-order valence-electron chi connectivity index (χ4n) is 2.25. The van der Waals surface area contributed by atoms with E-state index in [9.17, 15) is 9.59 Å². The molecule has 0 saturated carbocycles. The van der Waals surface area contributed by atoms with E-state index < -0.39 is 11.7 Å². The molecule has 1 atom stereocenters. The first-order valence-corrected chi connectivity index (χ1v) is 7.71. The van der Waals surface area contributed by atoms with Crippen molar-refractivity contribution in [2.45, 2.75) is 45.1 Å². The fourth-order valence-corrected chi connectivity index (χ4v) is 2.60. The van der Waals surface area contributed by atoms with E-state index in [4.69, 9.17) is 4.74 Å². The van der Waals surface area contributed by atoms with Gasteiger partial charge in [-0.05, 0) is 55.3 Å². The minimum absolute atomic E-state index is 0.0497. The number of aromatic nitrogens is 1. The van der Waals surface area contributed by atoms with Gasteiger partial charge in [-0.25, -0.2) is 14.7 Å². The number of amides is 2. The first-order chi connectivity index (χ1) is 9.76. The van der Waals surface area contributed by atoms with Gasteiger partial charge in [0.2, 0.25) is 5.91 Å². The van der Waals surface area contributed by atoms with Crippen molar-refractivity contribution in [3.05, 3.63) is 28.5 Å². The van der Waals surface area contributed by atoms with E-state index in [0.29, 0.717) is 13.0 Å². The summed E-state index contributed by atoms with van der Waals surface area (Å²) in [6.07, 6.45) is 0.421. The number of pyridine rings is 1. The lowest BCUT2D eigenvalue weighted by molar-refractivity contribution is -0.132. The van der Waals surface area contributed by atoms with Crippen LogP contribution in [0.1, 0.15) is 45.2 Å². The van der Waals surface area contributed by atoms with Crippen molar-refractivity contribution in [1.29, 1.82) is 0 Å². The zero-order valence-electron chi connectivity index (χ0n) is 12.4. The molecule has 1 aromatic heterocycles.